The molecule has 0 aromatic carbocycles. The second kappa shape index (κ2) is 6.16. The quantitative estimate of drug-likeness (QED) is 0.803. The fraction of sp³-hybridized carbons (Fsp3) is 0.800. The van der Waals surface area contributed by atoms with Gasteiger partial charge in [0.2, 0.25) is 0 Å². The normalized spacial score (nSPS) is 20.2. The van der Waals surface area contributed by atoms with E-state index in [4.69, 9.17) is 4.98 Å². The Kier molecular flexibility index (Phi) is 4.79. The molecule has 1 heterocycles. The number of thiazole rings is 1. The van der Waals surface area contributed by atoms with Crippen LogP contribution in [0.4, 0.5) is 0 Å². The van der Waals surface area contributed by atoms with Crippen LogP contribution in [-0.2, 0) is 6.54 Å². The van der Waals surface area contributed by atoms with Crippen molar-refractivity contribution < 1.29 is 0 Å². The fourth-order valence-electron chi connectivity index (χ4n) is 2.63. The van der Waals surface area contributed by atoms with Crippen molar-refractivity contribution in [2.24, 2.45) is 5.41 Å². The summed E-state index contributed by atoms with van der Waals surface area (Å²) in [6.45, 7) is 9.01. The monoisotopic (exact) mass is 266 g/mol. The van der Waals surface area contributed by atoms with Crippen LogP contribution in [0.1, 0.15) is 69.5 Å². The van der Waals surface area contributed by atoms with E-state index in [0.717, 1.165) is 19.0 Å². The van der Waals surface area contributed by atoms with E-state index in [2.05, 4.69) is 31.5 Å². The molecule has 18 heavy (non-hydrogen) atoms. The van der Waals surface area contributed by atoms with Gasteiger partial charge in [-0.2, -0.15) is 0 Å². The highest BCUT2D eigenvalue weighted by Gasteiger charge is 2.28. The molecule has 1 aromatic rings. The van der Waals surface area contributed by atoms with E-state index < -0.39 is 0 Å². The van der Waals surface area contributed by atoms with Gasteiger partial charge in [0.05, 0.1) is 10.7 Å². The molecule has 0 unspecified atom stereocenters. The smallest absolute Gasteiger partial charge is 0.0959 e. The molecule has 1 saturated carbocycles. The molecule has 2 rings (SSSR count). The molecule has 1 aliphatic rings. The van der Waals surface area contributed by atoms with Gasteiger partial charge < -0.3 is 5.32 Å². The summed E-state index contributed by atoms with van der Waals surface area (Å²) in [5.41, 5.74) is 1.78. The molecule has 1 N–H and O–H groups in total. The van der Waals surface area contributed by atoms with Crippen LogP contribution in [0.3, 0.4) is 0 Å². The molecule has 3 heteroatoms. The van der Waals surface area contributed by atoms with Gasteiger partial charge in [-0.1, -0.05) is 20.8 Å². The largest absolute Gasteiger partial charge is 0.311 e. The molecule has 0 aliphatic heterocycles. The van der Waals surface area contributed by atoms with Crippen LogP contribution in [-0.4, -0.2) is 11.5 Å². The number of nitrogens with one attached hydrogen (secondary N) is 1. The number of hydrogen-bond acceptors (Lipinski definition) is 3. The van der Waals surface area contributed by atoms with Crippen molar-refractivity contribution in [3.63, 3.8) is 0 Å². The van der Waals surface area contributed by atoms with Gasteiger partial charge in [-0.25, -0.2) is 4.98 Å². The Bertz CT molecular complexity index is 360. The van der Waals surface area contributed by atoms with E-state index in [1.54, 1.807) is 0 Å². The first-order valence-electron chi connectivity index (χ1n) is 7.26. The predicted octanol–water partition coefficient (Wildman–Crippen LogP) is 4.33. The Morgan fingerprint density at radius 2 is 2.11 bits per heavy atom. The van der Waals surface area contributed by atoms with Crippen molar-refractivity contribution in [1.29, 1.82) is 0 Å². The lowest BCUT2D eigenvalue weighted by molar-refractivity contribution is 0.224. The van der Waals surface area contributed by atoms with Gasteiger partial charge in [0.25, 0.3) is 0 Å². The standard InChI is InChI=1S/C15H26N2S/c1-4-9-16-10-13-11-18-14(17-13)12-5-7-15(2,3)8-6-12/h11-12,16H,4-10H2,1-3H3. The van der Waals surface area contributed by atoms with Gasteiger partial charge >= 0.3 is 0 Å². The lowest BCUT2D eigenvalue weighted by atomic mass is 9.73. The number of aromatic nitrogens is 1. The number of rotatable bonds is 5. The van der Waals surface area contributed by atoms with Gasteiger partial charge in [-0.3, -0.25) is 0 Å². The lowest BCUT2D eigenvalue weighted by Gasteiger charge is -2.33. The average Bonchev–Trinajstić information content (AvgIpc) is 2.78. The first-order chi connectivity index (χ1) is 8.61. The highest BCUT2D eigenvalue weighted by Crippen LogP contribution is 2.42. The molecule has 0 saturated heterocycles. The van der Waals surface area contributed by atoms with Gasteiger partial charge in [0, 0.05) is 17.8 Å². The molecule has 1 fully saturated rings. The van der Waals surface area contributed by atoms with Crippen LogP contribution in [0.2, 0.25) is 0 Å². The van der Waals surface area contributed by atoms with Gasteiger partial charge in [0.15, 0.2) is 0 Å². The Hall–Kier alpha value is -0.410. The van der Waals surface area contributed by atoms with Crippen molar-refractivity contribution in [3.05, 3.63) is 16.1 Å². The molecular weight excluding hydrogens is 240 g/mol. The Labute approximate surface area is 115 Å². The molecule has 0 radical (unpaired) electrons. The van der Waals surface area contributed by atoms with E-state index in [1.807, 2.05) is 11.3 Å². The molecule has 0 atom stereocenters. The summed E-state index contributed by atoms with van der Waals surface area (Å²) in [4.78, 5) is 4.81. The predicted molar refractivity (Wildman–Crippen MR) is 79.1 cm³/mol. The summed E-state index contributed by atoms with van der Waals surface area (Å²) >= 11 is 1.86. The minimum Gasteiger partial charge on any atom is -0.311 e. The van der Waals surface area contributed by atoms with Crippen LogP contribution < -0.4 is 5.32 Å². The lowest BCUT2D eigenvalue weighted by Crippen LogP contribution is -2.20. The third-order valence-corrected chi connectivity index (χ3v) is 5.05. The maximum absolute atomic E-state index is 4.81. The maximum Gasteiger partial charge on any atom is 0.0959 e. The number of nitrogens with zero attached hydrogens (tertiary/aromatic N) is 1. The zero-order valence-corrected chi connectivity index (χ0v) is 12.8. The van der Waals surface area contributed by atoms with Crippen LogP contribution in [0.15, 0.2) is 5.38 Å². The summed E-state index contributed by atoms with van der Waals surface area (Å²) in [7, 11) is 0. The SMILES string of the molecule is CCCNCc1csc(C2CCC(C)(C)CC2)n1. The molecule has 0 amide bonds. The van der Waals surface area contributed by atoms with E-state index in [9.17, 15) is 0 Å². The van der Waals surface area contributed by atoms with Crippen LogP contribution in [0.25, 0.3) is 0 Å². The highest BCUT2D eigenvalue weighted by molar-refractivity contribution is 7.09. The zero-order chi connectivity index (χ0) is 13.0. The molecular formula is C15H26N2S. The summed E-state index contributed by atoms with van der Waals surface area (Å²) in [5, 5.41) is 7.03. The average molecular weight is 266 g/mol. The summed E-state index contributed by atoms with van der Waals surface area (Å²) < 4.78 is 0. The van der Waals surface area contributed by atoms with Crippen molar-refractivity contribution in [1.82, 2.24) is 10.3 Å². The Morgan fingerprint density at radius 1 is 1.39 bits per heavy atom. The van der Waals surface area contributed by atoms with Gasteiger partial charge in [-0.05, 0) is 44.1 Å². The molecule has 0 bridgehead atoms. The fourth-order valence-corrected chi connectivity index (χ4v) is 3.62. The van der Waals surface area contributed by atoms with Gasteiger partial charge in [-0.15, -0.1) is 11.3 Å². The van der Waals surface area contributed by atoms with E-state index in [1.165, 1.54) is 42.8 Å². The molecule has 102 valence electrons. The van der Waals surface area contributed by atoms with E-state index >= 15 is 0 Å². The number of hydrogen-bond donors (Lipinski definition) is 1. The summed E-state index contributed by atoms with van der Waals surface area (Å²) in [6.07, 6.45) is 6.53. The first-order valence-corrected chi connectivity index (χ1v) is 8.14. The Morgan fingerprint density at radius 3 is 2.78 bits per heavy atom. The summed E-state index contributed by atoms with van der Waals surface area (Å²) in [5.74, 6) is 0.725. The molecule has 0 spiro atoms. The minimum atomic E-state index is 0.555. The summed E-state index contributed by atoms with van der Waals surface area (Å²) in [6, 6.07) is 0. The molecule has 1 aliphatic carbocycles. The molecule has 1 aromatic heterocycles. The zero-order valence-electron chi connectivity index (χ0n) is 12.0. The van der Waals surface area contributed by atoms with Gasteiger partial charge in [0.1, 0.15) is 0 Å². The van der Waals surface area contributed by atoms with Crippen LogP contribution >= 0.6 is 11.3 Å². The molecule has 2 nitrogen and oxygen atoms in total. The third kappa shape index (κ3) is 3.79. The van der Waals surface area contributed by atoms with E-state index in [0.29, 0.717) is 5.41 Å². The maximum atomic E-state index is 4.81. The van der Waals surface area contributed by atoms with Crippen LogP contribution in [0, 0.1) is 5.41 Å². The van der Waals surface area contributed by atoms with Crippen molar-refractivity contribution >= 4 is 11.3 Å². The first kappa shape index (κ1) is 14.0. The Balaban J connectivity index is 1.86. The topological polar surface area (TPSA) is 24.9 Å². The third-order valence-electron chi connectivity index (χ3n) is 3.99. The minimum absolute atomic E-state index is 0.555. The van der Waals surface area contributed by atoms with Crippen molar-refractivity contribution in [3.8, 4) is 0 Å². The second-order valence-corrected chi connectivity index (χ2v) is 7.18. The second-order valence-electron chi connectivity index (χ2n) is 6.29. The van der Waals surface area contributed by atoms with Crippen molar-refractivity contribution in [2.45, 2.75) is 65.3 Å². The van der Waals surface area contributed by atoms with E-state index in [-0.39, 0.29) is 0 Å². The van der Waals surface area contributed by atoms with Crippen LogP contribution in [0.5, 0.6) is 0 Å². The highest BCUT2D eigenvalue weighted by atomic mass is 32.1. The van der Waals surface area contributed by atoms with Crippen molar-refractivity contribution in [2.75, 3.05) is 6.54 Å².